The molecule has 0 atom stereocenters. The van der Waals surface area contributed by atoms with Crippen LogP contribution in [-0.4, -0.2) is 17.2 Å². The monoisotopic (exact) mass is 205 g/mol. The maximum atomic E-state index is 11.7. The van der Waals surface area contributed by atoms with Crippen LogP contribution >= 0.6 is 0 Å². The van der Waals surface area contributed by atoms with Gasteiger partial charge in [0, 0.05) is 6.20 Å². The second-order valence-electron chi connectivity index (χ2n) is 2.39. The third-order valence-electron chi connectivity index (χ3n) is 1.34. The van der Waals surface area contributed by atoms with Gasteiger partial charge in [-0.2, -0.15) is 13.2 Å². The molecule has 0 saturated carbocycles. The second-order valence-corrected chi connectivity index (χ2v) is 2.39. The van der Waals surface area contributed by atoms with Crippen LogP contribution in [0.3, 0.4) is 0 Å². The number of anilines is 1. The SMILES string of the molecule is Nc1ncccc1C(=O)NC(F)(F)F. The van der Waals surface area contributed by atoms with Gasteiger partial charge in [-0.05, 0) is 12.1 Å². The van der Waals surface area contributed by atoms with E-state index in [1.54, 1.807) is 0 Å². The fraction of sp³-hybridized carbons (Fsp3) is 0.143. The van der Waals surface area contributed by atoms with Crippen LogP contribution in [0.5, 0.6) is 0 Å². The summed E-state index contributed by atoms with van der Waals surface area (Å²) < 4.78 is 35.2. The number of aromatic nitrogens is 1. The molecule has 0 saturated heterocycles. The van der Waals surface area contributed by atoms with Crippen LogP contribution in [-0.2, 0) is 0 Å². The van der Waals surface area contributed by atoms with Crippen molar-refractivity contribution in [2.24, 2.45) is 0 Å². The number of amides is 1. The van der Waals surface area contributed by atoms with E-state index in [1.165, 1.54) is 12.3 Å². The van der Waals surface area contributed by atoms with E-state index in [0.717, 1.165) is 11.4 Å². The van der Waals surface area contributed by atoms with Crippen molar-refractivity contribution in [1.82, 2.24) is 10.3 Å². The number of hydrogen-bond acceptors (Lipinski definition) is 3. The average Bonchev–Trinajstić information content (AvgIpc) is 2.01. The van der Waals surface area contributed by atoms with Gasteiger partial charge in [0.2, 0.25) is 0 Å². The van der Waals surface area contributed by atoms with Crippen LogP contribution in [0.1, 0.15) is 10.4 Å². The first kappa shape index (κ1) is 10.3. The Morgan fingerprint density at radius 1 is 1.50 bits per heavy atom. The lowest BCUT2D eigenvalue weighted by Crippen LogP contribution is -2.37. The number of nitrogen functional groups attached to an aromatic ring is 1. The second kappa shape index (κ2) is 3.52. The average molecular weight is 205 g/mol. The Morgan fingerprint density at radius 2 is 2.14 bits per heavy atom. The molecule has 4 nitrogen and oxygen atoms in total. The number of hydrogen-bond donors (Lipinski definition) is 2. The zero-order chi connectivity index (χ0) is 10.8. The molecule has 0 aliphatic carbocycles. The molecule has 0 fully saturated rings. The molecule has 1 rings (SSSR count). The predicted molar refractivity (Wildman–Crippen MR) is 42.2 cm³/mol. The van der Waals surface area contributed by atoms with Gasteiger partial charge in [0.25, 0.3) is 5.91 Å². The quantitative estimate of drug-likeness (QED) is 0.669. The zero-order valence-corrected chi connectivity index (χ0v) is 6.80. The number of carbonyl (C=O) groups is 1. The van der Waals surface area contributed by atoms with Crippen molar-refractivity contribution in [3.63, 3.8) is 0 Å². The van der Waals surface area contributed by atoms with Gasteiger partial charge in [-0.1, -0.05) is 0 Å². The van der Waals surface area contributed by atoms with Gasteiger partial charge in [-0.25, -0.2) is 4.98 Å². The van der Waals surface area contributed by atoms with Gasteiger partial charge in [0.1, 0.15) is 5.82 Å². The largest absolute Gasteiger partial charge is 0.484 e. The molecule has 1 amide bonds. The normalized spacial score (nSPS) is 11.1. The smallest absolute Gasteiger partial charge is 0.383 e. The summed E-state index contributed by atoms with van der Waals surface area (Å²) in [5.41, 5.74) is 4.90. The molecule has 0 aliphatic rings. The molecule has 0 aromatic carbocycles. The van der Waals surface area contributed by atoms with Crippen molar-refractivity contribution in [1.29, 1.82) is 0 Å². The highest BCUT2D eigenvalue weighted by molar-refractivity contribution is 5.98. The number of rotatable bonds is 1. The molecule has 1 heterocycles. The van der Waals surface area contributed by atoms with Crippen LogP contribution in [0.4, 0.5) is 19.0 Å². The first-order valence-electron chi connectivity index (χ1n) is 3.50. The molecule has 1 aromatic rings. The summed E-state index contributed by atoms with van der Waals surface area (Å²) in [6.45, 7) is 0. The van der Waals surface area contributed by atoms with E-state index in [1.807, 2.05) is 0 Å². The van der Waals surface area contributed by atoms with Crippen molar-refractivity contribution in [3.8, 4) is 0 Å². The van der Waals surface area contributed by atoms with Crippen molar-refractivity contribution in [2.45, 2.75) is 6.30 Å². The van der Waals surface area contributed by atoms with Crippen LogP contribution in [0.25, 0.3) is 0 Å². The third kappa shape index (κ3) is 2.61. The molecule has 1 aromatic heterocycles. The molecule has 0 unspecified atom stereocenters. The number of halogens is 3. The maximum absolute atomic E-state index is 11.7. The highest BCUT2D eigenvalue weighted by atomic mass is 19.4. The first-order valence-corrected chi connectivity index (χ1v) is 3.50. The number of carbonyl (C=O) groups excluding carboxylic acids is 1. The standard InChI is InChI=1S/C7H6F3N3O/c8-7(9,10)13-6(14)4-2-1-3-12-5(4)11/h1-3H,(H2,11,12)(H,13,14). The summed E-state index contributed by atoms with van der Waals surface area (Å²) in [6, 6.07) is 2.48. The van der Waals surface area contributed by atoms with Crippen LogP contribution < -0.4 is 11.1 Å². The molecule has 0 radical (unpaired) electrons. The Balaban J connectivity index is 2.86. The van der Waals surface area contributed by atoms with Gasteiger partial charge >= 0.3 is 6.30 Å². The van der Waals surface area contributed by atoms with Crippen molar-refractivity contribution in [2.75, 3.05) is 5.73 Å². The molecule has 76 valence electrons. The Hall–Kier alpha value is -1.79. The first-order chi connectivity index (χ1) is 6.40. The predicted octanol–water partition coefficient (Wildman–Crippen LogP) is 0.913. The van der Waals surface area contributed by atoms with E-state index in [9.17, 15) is 18.0 Å². The molecular weight excluding hydrogens is 199 g/mol. The van der Waals surface area contributed by atoms with E-state index in [-0.39, 0.29) is 11.4 Å². The number of nitrogens with two attached hydrogens (primary N) is 1. The number of pyridine rings is 1. The Morgan fingerprint density at radius 3 is 2.64 bits per heavy atom. The number of nitrogens with one attached hydrogen (secondary N) is 1. The minimum Gasteiger partial charge on any atom is -0.383 e. The highest BCUT2D eigenvalue weighted by Crippen LogP contribution is 2.13. The van der Waals surface area contributed by atoms with Gasteiger partial charge < -0.3 is 5.73 Å². The molecule has 0 aliphatic heterocycles. The molecular formula is C7H6F3N3O. The summed E-state index contributed by atoms with van der Waals surface area (Å²) >= 11 is 0. The Labute approximate surface area is 76.9 Å². The van der Waals surface area contributed by atoms with E-state index in [0.29, 0.717) is 0 Å². The Bertz CT molecular complexity index is 350. The summed E-state index contributed by atoms with van der Waals surface area (Å²) in [7, 11) is 0. The summed E-state index contributed by atoms with van der Waals surface area (Å²) in [5.74, 6) is -1.56. The van der Waals surface area contributed by atoms with Gasteiger partial charge in [0.05, 0.1) is 5.56 Å². The highest BCUT2D eigenvalue weighted by Gasteiger charge is 2.31. The lowest BCUT2D eigenvalue weighted by Gasteiger charge is -2.08. The molecule has 7 heteroatoms. The van der Waals surface area contributed by atoms with E-state index >= 15 is 0 Å². The maximum Gasteiger partial charge on any atom is 0.484 e. The van der Waals surface area contributed by atoms with E-state index < -0.39 is 12.2 Å². The zero-order valence-electron chi connectivity index (χ0n) is 6.80. The lowest BCUT2D eigenvalue weighted by molar-refractivity contribution is -0.146. The third-order valence-corrected chi connectivity index (χ3v) is 1.34. The molecule has 0 bridgehead atoms. The van der Waals surface area contributed by atoms with Gasteiger partial charge in [-0.3, -0.25) is 10.1 Å². The lowest BCUT2D eigenvalue weighted by atomic mass is 10.2. The Kier molecular flexibility index (Phi) is 2.59. The van der Waals surface area contributed by atoms with Crippen LogP contribution in [0.2, 0.25) is 0 Å². The summed E-state index contributed by atoms with van der Waals surface area (Å²) in [4.78, 5) is 14.4. The molecule has 0 spiro atoms. The van der Waals surface area contributed by atoms with Crippen molar-refractivity contribution in [3.05, 3.63) is 23.9 Å². The van der Waals surface area contributed by atoms with Gasteiger partial charge in [-0.15, -0.1) is 0 Å². The summed E-state index contributed by atoms with van der Waals surface area (Å²) in [5, 5.41) is 0.817. The topological polar surface area (TPSA) is 68.0 Å². The van der Waals surface area contributed by atoms with E-state index in [2.05, 4.69) is 4.98 Å². The van der Waals surface area contributed by atoms with Gasteiger partial charge in [0.15, 0.2) is 0 Å². The van der Waals surface area contributed by atoms with Crippen LogP contribution in [0, 0.1) is 0 Å². The fourth-order valence-electron chi connectivity index (χ4n) is 0.806. The number of nitrogens with zero attached hydrogens (tertiary/aromatic N) is 1. The van der Waals surface area contributed by atoms with Crippen molar-refractivity contribution < 1.29 is 18.0 Å². The minimum absolute atomic E-state index is 0.241. The fourth-order valence-corrected chi connectivity index (χ4v) is 0.806. The minimum atomic E-state index is -4.76. The van der Waals surface area contributed by atoms with Crippen LogP contribution in [0.15, 0.2) is 18.3 Å². The number of alkyl halides is 3. The van der Waals surface area contributed by atoms with Crippen molar-refractivity contribution >= 4 is 11.7 Å². The van der Waals surface area contributed by atoms with E-state index in [4.69, 9.17) is 5.73 Å². The molecule has 3 N–H and O–H groups in total. The molecule has 14 heavy (non-hydrogen) atoms. The summed E-state index contributed by atoms with van der Waals surface area (Å²) in [6.07, 6.45) is -3.49.